The number of fused-ring (bicyclic) bond motifs is 5. The molecule has 3 rings (SSSR count). The van der Waals surface area contributed by atoms with Crippen molar-refractivity contribution in [3.8, 4) is 0 Å². The average molecular weight is 248 g/mol. The molecule has 0 heterocycles. The molecule has 2 heteroatoms. The first-order valence-electron chi connectivity index (χ1n) is 7.46. The van der Waals surface area contributed by atoms with Gasteiger partial charge in [-0.1, -0.05) is 19.4 Å². The minimum atomic E-state index is -0.198. The van der Waals surface area contributed by atoms with Crippen molar-refractivity contribution in [3.63, 3.8) is 0 Å². The first-order valence-corrected chi connectivity index (χ1v) is 7.46. The molecule has 0 aromatic heterocycles. The summed E-state index contributed by atoms with van der Waals surface area (Å²) in [6.07, 6.45) is 9.54. The van der Waals surface area contributed by atoms with Crippen LogP contribution in [0, 0.1) is 23.2 Å². The molecule has 0 radical (unpaired) electrons. The average Bonchev–Trinajstić information content (AvgIpc) is 2.96. The lowest BCUT2D eigenvalue weighted by atomic mass is 9.60. The van der Waals surface area contributed by atoms with E-state index in [1.54, 1.807) is 6.92 Å². The van der Waals surface area contributed by atoms with Crippen molar-refractivity contribution >= 4 is 5.97 Å². The van der Waals surface area contributed by atoms with Gasteiger partial charge in [0.05, 0.1) is 6.61 Å². The number of rotatable bonds is 3. The third-order valence-corrected chi connectivity index (χ3v) is 5.82. The Morgan fingerprint density at radius 2 is 2.17 bits per heavy atom. The summed E-state index contributed by atoms with van der Waals surface area (Å²) in [5, 5.41) is 0. The maximum atomic E-state index is 11.7. The monoisotopic (exact) mass is 248 g/mol. The van der Waals surface area contributed by atoms with E-state index < -0.39 is 0 Å². The first kappa shape index (κ1) is 12.3. The number of hydrogen-bond acceptors (Lipinski definition) is 2. The molecule has 3 saturated carbocycles. The summed E-state index contributed by atoms with van der Waals surface area (Å²) >= 11 is 0. The van der Waals surface area contributed by atoms with Crippen LogP contribution < -0.4 is 0 Å². The minimum Gasteiger partial charge on any atom is -0.462 e. The Morgan fingerprint density at radius 3 is 2.94 bits per heavy atom. The normalized spacial score (nSPS) is 41.5. The van der Waals surface area contributed by atoms with Crippen molar-refractivity contribution in [3.05, 3.63) is 12.2 Å². The summed E-state index contributed by atoms with van der Waals surface area (Å²) in [4.78, 5) is 11.7. The summed E-state index contributed by atoms with van der Waals surface area (Å²) in [6, 6.07) is 0. The second-order valence-electron chi connectivity index (χ2n) is 6.71. The smallest absolute Gasteiger partial charge is 0.333 e. The van der Waals surface area contributed by atoms with E-state index >= 15 is 0 Å². The van der Waals surface area contributed by atoms with Gasteiger partial charge in [0.15, 0.2) is 0 Å². The van der Waals surface area contributed by atoms with Crippen LogP contribution >= 0.6 is 0 Å². The van der Waals surface area contributed by atoms with Gasteiger partial charge in [-0.05, 0) is 56.8 Å². The van der Waals surface area contributed by atoms with Gasteiger partial charge in [-0.25, -0.2) is 4.79 Å². The zero-order chi connectivity index (χ0) is 12.8. The Morgan fingerprint density at radius 1 is 1.33 bits per heavy atom. The van der Waals surface area contributed by atoms with E-state index in [2.05, 4.69) is 6.58 Å². The molecule has 3 aliphatic carbocycles. The van der Waals surface area contributed by atoms with Gasteiger partial charge < -0.3 is 4.74 Å². The molecular weight excluding hydrogens is 224 g/mol. The lowest BCUT2D eigenvalue weighted by Crippen LogP contribution is -2.43. The van der Waals surface area contributed by atoms with Gasteiger partial charge >= 0.3 is 5.97 Å². The van der Waals surface area contributed by atoms with Gasteiger partial charge in [0.1, 0.15) is 0 Å². The molecule has 0 saturated heterocycles. The molecule has 3 fully saturated rings. The molecule has 2 bridgehead atoms. The van der Waals surface area contributed by atoms with E-state index in [9.17, 15) is 4.79 Å². The molecule has 4 unspecified atom stereocenters. The summed E-state index contributed by atoms with van der Waals surface area (Å²) in [7, 11) is 0. The molecular formula is C16H24O2. The van der Waals surface area contributed by atoms with E-state index in [1.807, 2.05) is 0 Å². The van der Waals surface area contributed by atoms with Crippen LogP contribution in [0.4, 0.5) is 0 Å². The molecule has 2 nitrogen and oxygen atoms in total. The minimum absolute atomic E-state index is 0.198. The molecule has 18 heavy (non-hydrogen) atoms. The summed E-state index contributed by atoms with van der Waals surface area (Å²) in [6.45, 7) is 6.07. The van der Waals surface area contributed by atoms with Crippen LogP contribution in [-0.4, -0.2) is 12.6 Å². The fourth-order valence-electron chi connectivity index (χ4n) is 5.03. The Bertz CT molecular complexity index is 373. The molecule has 4 atom stereocenters. The Balaban J connectivity index is 1.74. The summed E-state index contributed by atoms with van der Waals surface area (Å²) < 4.78 is 5.56. The van der Waals surface area contributed by atoms with Crippen molar-refractivity contribution in [1.29, 1.82) is 0 Å². The zero-order valence-corrected chi connectivity index (χ0v) is 11.4. The van der Waals surface area contributed by atoms with Crippen molar-refractivity contribution in [2.45, 2.75) is 51.9 Å². The number of esters is 1. The van der Waals surface area contributed by atoms with Gasteiger partial charge in [-0.2, -0.15) is 0 Å². The highest BCUT2D eigenvalue weighted by Gasteiger charge is 2.58. The van der Waals surface area contributed by atoms with E-state index in [0.717, 1.165) is 17.8 Å². The van der Waals surface area contributed by atoms with E-state index in [0.29, 0.717) is 17.6 Å². The fourth-order valence-corrected chi connectivity index (χ4v) is 5.03. The highest BCUT2D eigenvalue weighted by Crippen LogP contribution is 2.64. The van der Waals surface area contributed by atoms with E-state index in [1.165, 1.54) is 44.9 Å². The standard InChI is InChI=1S/C16H24O2/c1-11(2)15(17)18-10-16-8-4-3-5-14(16)12-6-7-13(16)9-12/h12-14H,1,3-10H2,2H3. The SMILES string of the molecule is C=C(C)C(=O)OCC12CCCCC1C1CCC2C1. The topological polar surface area (TPSA) is 26.3 Å². The number of ether oxygens (including phenoxy) is 1. The third kappa shape index (κ3) is 1.72. The summed E-state index contributed by atoms with van der Waals surface area (Å²) in [5.74, 6) is 2.39. The van der Waals surface area contributed by atoms with Gasteiger partial charge in [-0.3, -0.25) is 0 Å². The van der Waals surface area contributed by atoms with E-state index in [4.69, 9.17) is 4.74 Å². The molecule has 0 N–H and O–H groups in total. The summed E-state index contributed by atoms with van der Waals surface area (Å²) in [5.41, 5.74) is 0.869. The lowest BCUT2D eigenvalue weighted by molar-refractivity contribution is -0.147. The second kappa shape index (κ2) is 4.40. The predicted molar refractivity (Wildman–Crippen MR) is 71.0 cm³/mol. The molecule has 0 aromatic rings. The Kier molecular flexibility index (Phi) is 2.99. The van der Waals surface area contributed by atoms with Crippen LogP contribution in [0.25, 0.3) is 0 Å². The molecule has 0 aliphatic heterocycles. The molecule has 0 spiro atoms. The molecule has 3 aliphatic rings. The number of carbonyl (C=O) groups excluding carboxylic acids is 1. The molecule has 0 aromatic carbocycles. The Labute approximate surface area is 110 Å². The number of carbonyl (C=O) groups is 1. The fraction of sp³-hybridized carbons (Fsp3) is 0.812. The van der Waals surface area contributed by atoms with Crippen LogP contribution in [0.3, 0.4) is 0 Å². The molecule has 100 valence electrons. The maximum Gasteiger partial charge on any atom is 0.333 e. The highest BCUT2D eigenvalue weighted by molar-refractivity contribution is 5.86. The van der Waals surface area contributed by atoms with E-state index in [-0.39, 0.29) is 5.97 Å². The van der Waals surface area contributed by atoms with Gasteiger partial charge in [0, 0.05) is 11.0 Å². The maximum absolute atomic E-state index is 11.7. The largest absolute Gasteiger partial charge is 0.462 e. The van der Waals surface area contributed by atoms with Crippen molar-refractivity contribution in [2.24, 2.45) is 23.2 Å². The van der Waals surface area contributed by atoms with Crippen molar-refractivity contribution in [1.82, 2.24) is 0 Å². The van der Waals surface area contributed by atoms with Crippen LogP contribution in [0.1, 0.15) is 51.9 Å². The van der Waals surface area contributed by atoms with Crippen LogP contribution in [0.15, 0.2) is 12.2 Å². The first-order chi connectivity index (χ1) is 8.63. The van der Waals surface area contributed by atoms with Crippen LogP contribution in [0.5, 0.6) is 0 Å². The number of hydrogen-bond donors (Lipinski definition) is 0. The predicted octanol–water partition coefficient (Wildman–Crippen LogP) is 3.71. The zero-order valence-electron chi connectivity index (χ0n) is 11.4. The molecule has 0 amide bonds. The quantitative estimate of drug-likeness (QED) is 0.562. The van der Waals surface area contributed by atoms with Crippen molar-refractivity contribution in [2.75, 3.05) is 6.61 Å². The van der Waals surface area contributed by atoms with Gasteiger partial charge in [-0.15, -0.1) is 0 Å². The van der Waals surface area contributed by atoms with Gasteiger partial charge in [0.25, 0.3) is 0 Å². The third-order valence-electron chi connectivity index (χ3n) is 5.82. The Hall–Kier alpha value is -0.790. The van der Waals surface area contributed by atoms with Crippen LogP contribution in [0.2, 0.25) is 0 Å². The van der Waals surface area contributed by atoms with Crippen molar-refractivity contribution < 1.29 is 9.53 Å². The van der Waals surface area contributed by atoms with Gasteiger partial charge in [0.2, 0.25) is 0 Å². The highest BCUT2D eigenvalue weighted by atomic mass is 16.5. The van der Waals surface area contributed by atoms with Crippen LogP contribution in [-0.2, 0) is 9.53 Å². The lowest BCUT2D eigenvalue weighted by Gasteiger charge is -2.46. The second-order valence-corrected chi connectivity index (χ2v) is 6.71.